The monoisotopic (exact) mass is 453 g/mol. The van der Waals surface area contributed by atoms with Crippen LogP contribution in [0.2, 0.25) is 0 Å². The molecular weight excluding hydrogens is 428 g/mol. The van der Waals surface area contributed by atoms with Crippen molar-refractivity contribution < 1.29 is 29.5 Å². The first-order valence-electron chi connectivity index (χ1n) is 9.66. The van der Waals surface area contributed by atoms with Crippen LogP contribution < -0.4 is 10.3 Å². The number of aliphatic carboxylic acids is 1. The van der Waals surface area contributed by atoms with Gasteiger partial charge in [0.25, 0.3) is 6.33 Å². The van der Waals surface area contributed by atoms with Gasteiger partial charge in [-0.05, 0) is 13.2 Å². The fraction of sp³-hybridized carbons (Fsp3) is 0.526. The molecule has 4 heterocycles. The number of aromatic nitrogens is 2. The molecule has 2 aliphatic heterocycles. The molecule has 9 nitrogen and oxygen atoms in total. The van der Waals surface area contributed by atoms with E-state index in [4.69, 9.17) is 5.73 Å². The molecule has 1 amide bonds. The standard InChI is InChI=1S/C19H24N4O5S2/c1-8-12(15(19(27)28)23-14(8)13(9(2)24)16(23)26)11-6-22-7-21(5-10(25)4-20)17(29-3)18(22)30-11/h6-10,13-14,24-25H,4-5,20H2,1-3H3/p+1/t8-,9+,10+,13+,14+/m0/s1. The second-order valence-electron chi connectivity index (χ2n) is 7.80. The van der Waals surface area contributed by atoms with E-state index in [1.165, 1.54) is 28.0 Å². The van der Waals surface area contributed by atoms with Crippen molar-refractivity contribution in [2.45, 2.75) is 43.7 Å². The van der Waals surface area contributed by atoms with Gasteiger partial charge in [0.05, 0.1) is 22.9 Å². The predicted octanol–water partition coefficient (Wildman–Crippen LogP) is -0.0170. The molecule has 0 aromatic carbocycles. The average Bonchev–Trinajstić information content (AvgIpc) is 3.28. The Balaban J connectivity index is 1.79. The molecule has 0 aliphatic carbocycles. The number of carbonyl (C=O) groups excluding carboxylic acids is 1. The topological polar surface area (TPSA) is 132 Å². The van der Waals surface area contributed by atoms with E-state index < -0.39 is 24.1 Å². The fourth-order valence-corrected chi connectivity index (χ4v) is 6.78. The van der Waals surface area contributed by atoms with Crippen LogP contribution in [0, 0.1) is 11.8 Å². The fourth-order valence-electron chi connectivity index (χ4n) is 4.59. The molecule has 0 unspecified atom stereocenters. The number of β-lactam (4-membered cyclic amide) rings is 1. The molecule has 11 heteroatoms. The van der Waals surface area contributed by atoms with Gasteiger partial charge in [0.15, 0.2) is 0 Å². The smallest absolute Gasteiger partial charge is 0.352 e. The molecule has 0 bridgehead atoms. The highest BCUT2D eigenvalue weighted by molar-refractivity contribution is 7.98. The largest absolute Gasteiger partial charge is 0.477 e. The normalized spacial score (nSPS) is 25.6. The Morgan fingerprint density at radius 1 is 1.43 bits per heavy atom. The van der Waals surface area contributed by atoms with Crippen LogP contribution >= 0.6 is 23.1 Å². The van der Waals surface area contributed by atoms with Crippen LogP contribution in [0.15, 0.2) is 23.2 Å². The number of thiazole rings is 1. The first-order valence-corrected chi connectivity index (χ1v) is 11.7. The molecule has 2 aliphatic rings. The Morgan fingerprint density at radius 2 is 2.13 bits per heavy atom. The van der Waals surface area contributed by atoms with Gasteiger partial charge in [-0.2, -0.15) is 4.40 Å². The lowest BCUT2D eigenvalue weighted by Gasteiger charge is -2.46. The van der Waals surface area contributed by atoms with Crippen LogP contribution in [0.25, 0.3) is 10.4 Å². The van der Waals surface area contributed by atoms with Crippen molar-refractivity contribution in [1.82, 2.24) is 9.30 Å². The lowest BCUT2D eigenvalue weighted by molar-refractivity contribution is -0.735. The second-order valence-corrected chi connectivity index (χ2v) is 9.62. The highest BCUT2D eigenvalue weighted by atomic mass is 32.2. The lowest BCUT2D eigenvalue weighted by atomic mass is 9.77. The predicted molar refractivity (Wildman–Crippen MR) is 112 cm³/mol. The Labute approximate surface area is 181 Å². The highest BCUT2D eigenvalue weighted by Gasteiger charge is 2.60. The van der Waals surface area contributed by atoms with Crippen molar-refractivity contribution in [2.24, 2.45) is 17.6 Å². The Kier molecular flexibility index (Phi) is 5.43. The van der Waals surface area contributed by atoms with Crippen molar-refractivity contribution in [3.8, 4) is 0 Å². The van der Waals surface area contributed by atoms with E-state index in [1.54, 1.807) is 6.92 Å². The number of rotatable bonds is 7. The molecule has 4 rings (SSSR count). The number of imidazole rings is 1. The second kappa shape index (κ2) is 7.65. The summed E-state index contributed by atoms with van der Waals surface area (Å²) >= 11 is 2.99. The van der Waals surface area contributed by atoms with E-state index in [9.17, 15) is 24.9 Å². The van der Waals surface area contributed by atoms with Gasteiger partial charge in [-0.3, -0.25) is 4.79 Å². The first-order chi connectivity index (χ1) is 14.2. The number of carboxylic acids is 1. The van der Waals surface area contributed by atoms with Crippen molar-refractivity contribution in [3.63, 3.8) is 0 Å². The van der Waals surface area contributed by atoms with E-state index in [0.717, 1.165) is 14.7 Å². The van der Waals surface area contributed by atoms with Gasteiger partial charge in [-0.25, -0.2) is 9.36 Å². The van der Waals surface area contributed by atoms with E-state index in [2.05, 4.69) is 0 Å². The molecule has 1 saturated heterocycles. The van der Waals surface area contributed by atoms with Crippen LogP contribution in [0.5, 0.6) is 0 Å². The van der Waals surface area contributed by atoms with Gasteiger partial charge in [-0.15, -0.1) is 0 Å². The van der Waals surface area contributed by atoms with Gasteiger partial charge in [-0.1, -0.05) is 30.0 Å². The lowest BCUT2D eigenvalue weighted by Crippen LogP contribution is -2.63. The Hall–Kier alpha value is -1.92. The number of aliphatic hydroxyl groups excluding tert-OH is 2. The molecule has 5 N–H and O–H groups in total. The van der Waals surface area contributed by atoms with E-state index >= 15 is 0 Å². The average molecular weight is 454 g/mol. The molecule has 2 aromatic heterocycles. The zero-order chi connectivity index (χ0) is 21.9. The summed E-state index contributed by atoms with van der Waals surface area (Å²) in [4.78, 5) is 27.7. The summed E-state index contributed by atoms with van der Waals surface area (Å²) in [7, 11) is 0. The zero-order valence-electron chi connectivity index (χ0n) is 16.8. The summed E-state index contributed by atoms with van der Waals surface area (Å²) in [6.07, 6.45) is 4.19. The van der Waals surface area contributed by atoms with Gasteiger partial charge in [0.1, 0.15) is 24.5 Å². The summed E-state index contributed by atoms with van der Waals surface area (Å²) < 4.78 is 3.85. The number of carboxylic acid groups (broad SMARTS) is 1. The van der Waals surface area contributed by atoms with Crippen LogP contribution in [0.4, 0.5) is 0 Å². The maximum Gasteiger partial charge on any atom is 0.352 e. The Bertz CT molecular complexity index is 1060. The number of nitrogens with two attached hydrogens (primary N) is 1. The van der Waals surface area contributed by atoms with Crippen LogP contribution in [-0.4, -0.2) is 67.5 Å². The maximum atomic E-state index is 12.5. The molecule has 0 radical (unpaired) electrons. The maximum absolute atomic E-state index is 12.5. The van der Waals surface area contributed by atoms with Crippen LogP contribution in [0.1, 0.15) is 18.7 Å². The number of nitrogens with zero attached hydrogens (tertiary/aromatic N) is 3. The molecule has 0 spiro atoms. The minimum atomic E-state index is -1.14. The summed E-state index contributed by atoms with van der Waals surface area (Å²) in [5.74, 6) is -2.27. The summed E-state index contributed by atoms with van der Waals surface area (Å²) in [6, 6.07) is -0.343. The number of fused-ring (bicyclic) bond motifs is 2. The van der Waals surface area contributed by atoms with Gasteiger partial charge < -0.3 is 26.0 Å². The van der Waals surface area contributed by atoms with Gasteiger partial charge in [0.2, 0.25) is 15.8 Å². The molecule has 5 atom stereocenters. The number of hydrogen-bond donors (Lipinski definition) is 4. The number of amides is 1. The highest BCUT2D eigenvalue weighted by Crippen LogP contribution is 2.51. The third-order valence-electron chi connectivity index (χ3n) is 5.92. The van der Waals surface area contributed by atoms with E-state index in [-0.39, 0.29) is 30.1 Å². The van der Waals surface area contributed by atoms with Crippen molar-refractivity contribution in [3.05, 3.63) is 23.1 Å². The van der Waals surface area contributed by atoms with Crippen LogP contribution in [-0.2, 0) is 16.1 Å². The molecule has 0 saturated carbocycles. The van der Waals surface area contributed by atoms with Gasteiger partial charge >= 0.3 is 5.97 Å². The molecule has 162 valence electrons. The Morgan fingerprint density at radius 3 is 2.70 bits per heavy atom. The summed E-state index contributed by atoms with van der Waals surface area (Å²) in [5, 5.41) is 30.7. The van der Waals surface area contributed by atoms with E-state index in [1.807, 2.05) is 34.7 Å². The molecule has 30 heavy (non-hydrogen) atoms. The van der Waals surface area contributed by atoms with Crippen molar-refractivity contribution >= 4 is 45.4 Å². The minimum absolute atomic E-state index is 0.0102. The summed E-state index contributed by atoms with van der Waals surface area (Å²) in [6.45, 7) is 4.01. The van der Waals surface area contributed by atoms with E-state index in [0.29, 0.717) is 12.1 Å². The molecular formula is C19H25N4O5S2+. The molecule has 2 aromatic rings. The number of hydrogen-bond acceptors (Lipinski definition) is 7. The zero-order valence-corrected chi connectivity index (χ0v) is 18.5. The van der Waals surface area contributed by atoms with Crippen molar-refractivity contribution in [2.75, 3.05) is 12.8 Å². The first kappa shape index (κ1) is 21.3. The number of aliphatic hydroxyl groups is 2. The quantitative estimate of drug-likeness (QED) is 0.263. The number of thioether (sulfide) groups is 1. The molecule has 1 fully saturated rings. The third-order valence-corrected chi connectivity index (χ3v) is 8.00. The minimum Gasteiger partial charge on any atom is -0.477 e. The van der Waals surface area contributed by atoms with Crippen molar-refractivity contribution in [1.29, 1.82) is 0 Å². The van der Waals surface area contributed by atoms with Crippen LogP contribution in [0.3, 0.4) is 0 Å². The SMILES string of the molecule is CSc1c2sc(C3=C(C(=O)O)N4C(=O)[C@H]([C@@H](C)O)[C@H]4[C@H]3C)cn2c[n+]1C[C@H](O)CN. The third kappa shape index (κ3) is 2.99. The van der Waals surface area contributed by atoms with Gasteiger partial charge in [0, 0.05) is 18.0 Å². The summed E-state index contributed by atoms with van der Waals surface area (Å²) in [5.41, 5.74) is 6.17. The number of carbonyl (C=O) groups is 2.